The van der Waals surface area contributed by atoms with Crippen molar-refractivity contribution in [2.24, 2.45) is 0 Å². The highest BCUT2D eigenvalue weighted by molar-refractivity contribution is 5.96. The summed E-state index contributed by atoms with van der Waals surface area (Å²) in [6.07, 6.45) is -0.341. The number of para-hydroxylation sites is 1. The average molecular weight is 320 g/mol. The normalized spacial score (nSPS) is 16.9. The van der Waals surface area contributed by atoms with Crippen molar-refractivity contribution < 1.29 is 19.4 Å². The summed E-state index contributed by atoms with van der Waals surface area (Å²) in [7, 11) is 0. The van der Waals surface area contributed by atoms with Gasteiger partial charge in [-0.25, -0.2) is 4.79 Å². The molecule has 126 valence electrons. The van der Waals surface area contributed by atoms with Crippen LogP contribution in [0.1, 0.15) is 38.7 Å². The molecule has 1 heterocycles. The second-order valence-electron chi connectivity index (χ2n) is 6.62. The molecule has 1 aliphatic heterocycles. The summed E-state index contributed by atoms with van der Waals surface area (Å²) in [5.74, 6) is -0.126. The second-order valence-corrected chi connectivity index (χ2v) is 6.62. The molecule has 0 aliphatic carbocycles. The third kappa shape index (κ3) is 4.45. The Hall–Kier alpha value is -2.08. The van der Waals surface area contributed by atoms with Gasteiger partial charge in [-0.1, -0.05) is 18.2 Å². The van der Waals surface area contributed by atoms with Gasteiger partial charge in [0.2, 0.25) is 5.91 Å². The van der Waals surface area contributed by atoms with Crippen molar-refractivity contribution in [1.82, 2.24) is 5.32 Å². The molecule has 23 heavy (non-hydrogen) atoms. The second kappa shape index (κ2) is 7.00. The minimum absolute atomic E-state index is 0.0109. The molecule has 1 aliphatic rings. The monoisotopic (exact) mass is 320 g/mol. The Balaban J connectivity index is 1.89. The third-order valence-electron chi connectivity index (χ3n) is 3.60. The highest BCUT2D eigenvalue weighted by Crippen LogP contribution is 2.35. The van der Waals surface area contributed by atoms with Crippen LogP contribution in [0.5, 0.6) is 0 Å². The molecule has 1 aromatic rings. The van der Waals surface area contributed by atoms with Crippen molar-refractivity contribution in [3.8, 4) is 0 Å². The van der Waals surface area contributed by atoms with Crippen LogP contribution in [0.4, 0.5) is 10.5 Å². The molecule has 0 fully saturated rings. The molecule has 1 aromatic carbocycles. The number of nitrogens with one attached hydrogen (secondary N) is 1. The lowest BCUT2D eigenvalue weighted by atomic mass is 10.0. The lowest BCUT2D eigenvalue weighted by Gasteiger charge is -2.20. The molecule has 0 radical (unpaired) electrons. The van der Waals surface area contributed by atoms with Gasteiger partial charge in [-0.15, -0.1) is 0 Å². The quantitative estimate of drug-likeness (QED) is 0.889. The van der Waals surface area contributed by atoms with Crippen molar-refractivity contribution in [2.75, 3.05) is 24.6 Å². The van der Waals surface area contributed by atoms with E-state index < -0.39 is 11.7 Å². The molecule has 0 spiro atoms. The largest absolute Gasteiger partial charge is 0.444 e. The molecule has 2 amide bonds. The molecule has 0 aromatic heterocycles. The summed E-state index contributed by atoms with van der Waals surface area (Å²) in [5, 5.41) is 12.0. The summed E-state index contributed by atoms with van der Waals surface area (Å²) in [5.41, 5.74) is 1.27. The van der Waals surface area contributed by atoms with Gasteiger partial charge in [0.1, 0.15) is 5.60 Å². The number of aliphatic hydroxyl groups excluding tert-OH is 1. The SMILES string of the molecule is CC(C)(C)OC(=O)NCCC(=O)N1C[C@@H](CO)c2ccccc21. The first kappa shape index (κ1) is 17.3. The minimum atomic E-state index is -0.559. The zero-order chi connectivity index (χ0) is 17.0. The maximum atomic E-state index is 12.4. The van der Waals surface area contributed by atoms with E-state index in [9.17, 15) is 14.7 Å². The molecule has 2 rings (SSSR count). The Kier molecular flexibility index (Phi) is 5.26. The number of hydrogen-bond donors (Lipinski definition) is 2. The smallest absolute Gasteiger partial charge is 0.407 e. The van der Waals surface area contributed by atoms with Gasteiger partial charge in [-0.3, -0.25) is 4.79 Å². The first-order valence-electron chi connectivity index (χ1n) is 7.79. The first-order valence-corrected chi connectivity index (χ1v) is 7.79. The standard InChI is InChI=1S/C17H24N2O4/c1-17(2,3)23-16(22)18-9-8-15(21)19-10-12(11-20)13-6-4-5-7-14(13)19/h4-7,12,20H,8-11H2,1-3H3,(H,18,22)/t12-/m0/s1. The van der Waals surface area contributed by atoms with Gasteiger partial charge in [0.25, 0.3) is 0 Å². The van der Waals surface area contributed by atoms with E-state index >= 15 is 0 Å². The Morgan fingerprint density at radius 3 is 2.70 bits per heavy atom. The fourth-order valence-corrected chi connectivity index (χ4v) is 2.61. The van der Waals surface area contributed by atoms with E-state index in [1.165, 1.54) is 0 Å². The summed E-state index contributed by atoms with van der Waals surface area (Å²) < 4.78 is 5.13. The number of carbonyl (C=O) groups excluding carboxylic acids is 2. The lowest BCUT2D eigenvalue weighted by molar-refractivity contribution is -0.118. The first-order chi connectivity index (χ1) is 10.8. The number of alkyl carbamates (subject to hydrolysis) is 1. The summed E-state index contributed by atoms with van der Waals surface area (Å²) in [6.45, 7) is 6.06. The molecule has 0 bridgehead atoms. The number of nitrogens with zero attached hydrogens (tertiary/aromatic N) is 1. The zero-order valence-corrected chi connectivity index (χ0v) is 13.8. The van der Waals surface area contributed by atoms with Crippen LogP contribution in [0.25, 0.3) is 0 Å². The number of ether oxygens (including phenoxy) is 1. The van der Waals surface area contributed by atoms with Gasteiger partial charge in [0.05, 0.1) is 6.61 Å². The number of aliphatic hydroxyl groups is 1. The lowest BCUT2D eigenvalue weighted by Crippen LogP contribution is -2.36. The fourth-order valence-electron chi connectivity index (χ4n) is 2.61. The Morgan fingerprint density at radius 2 is 2.04 bits per heavy atom. The molecular weight excluding hydrogens is 296 g/mol. The van der Waals surface area contributed by atoms with Crippen LogP contribution < -0.4 is 10.2 Å². The topological polar surface area (TPSA) is 78.9 Å². The fraction of sp³-hybridized carbons (Fsp3) is 0.529. The summed E-state index contributed by atoms with van der Waals surface area (Å²) in [6, 6.07) is 7.59. The number of anilines is 1. The van der Waals surface area contributed by atoms with E-state index in [1.807, 2.05) is 24.3 Å². The van der Waals surface area contributed by atoms with E-state index in [1.54, 1.807) is 25.7 Å². The maximum absolute atomic E-state index is 12.4. The summed E-state index contributed by atoms with van der Waals surface area (Å²) >= 11 is 0. The van der Waals surface area contributed by atoms with Gasteiger partial charge in [0, 0.05) is 31.1 Å². The van der Waals surface area contributed by atoms with Crippen LogP contribution in [0.2, 0.25) is 0 Å². The van der Waals surface area contributed by atoms with Gasteiger partial charge >= 0.3 is 6.09 Å². The van der Waals surface area contributed by atoms with Crippen LogP contribution in [0.15, 0.2) is 24.3 Å². The molecule has 0 unspecified atom stereocenters. The maximum Gasteiger partial charge on any atom is 0.407 e. The molecule has 1 atom stereocenters. The van der Waals surface area contributed by atoms with Crippen molar-refractivity contribution in [3.05, 3.63) is 29.8 Å². The van der Waals surface area contributed by atoms with Gasteiger partial charge in [-0.2, -0.15) is 0 Å². The zero-order valence-electron chi connectivity index (χ0n) is 13.8. The predicted octanol–water partition coefficient (Wildman–Crippen LogP) is 2.02. The molecule has 0 saturated heterocycles. The van der Waals surface area contributed by atoms with E-state index in [0.717, 1.165) is 11.3 Å². The van der Waals surface area contributed by atoms with Crippen LogP contribution in [-0.2, 0) is 9.53 Å². The van der Waals surface area contributed by atoms with E-state index in [4.69, 9.17) is 4.74 Å². The Bertz CT molecular complexity index is 580. The van der Waals surface area contributed by atoms with Crippen molar-refractivity contribution in [1.29, 1.82) is 0 Å². The predicted molar refractivity (Wildman–Crippen MR) is 87.5 cm³/mol. The third-order valence-corrected chi connectivity index (χ3v) is 3.60. The van der Waals surface area contributed by atoms with Gasteiger partial charge in [-0.05, 0) is 32.4 Å². The molecule has 6 nitrogen and oxygen atoms in total. The minimum Gasteiger partial charge on any atom is -0.444 e. The highest BCUT2D eigenvalue weighted by atomic mass is 16.6. The van der Waals surface area contributed by atoms with Gasteiger partial charge < -0.3 is 20.1 Å². The van der Waals surface area contributed by atoms with E-state index in [2.05, 4.69) is 5.32 Å². The number of carbonyl (C=O) groups is 2. The molecular formula is C17H24N2O4. The Labute approximate surface area is 136 Å². The van der Waals surface area contributed by atoms with Crippen LogP contribution >= 0.6 is 0 Å². The summed E-state index contributed by atoms with van der Waals surface area (Å²) in [4.78, 5) is 25.6. The molecule has 2 N–H and O–H groups in total. The molecule has 6 heteroatoms. The molecule has 0 saturated carbocycles. The van der Waals surface area contributed by atoms with Crippen LogP contribution in [0.3, 0.4) is 0 Å². The van der Waals surface area contributed by atoms with Crippen molar-refractivity contribution in [2.45, 2.75) is 38.7 Å². The van der Waals surface area contributed by atoms with Gasteiger partial charge in [0.15, 0.2) is 0 Å². The number of benzene rings is 1. The average Bonchev–Trinajstić information content (AvgIpc) is 2.84. The Morgan fingerprint density at radius 1 is 1.35 bits per heavy atom. The number of fused-ring (bicyclic) bond motifs is 1. The van der Waals surface area contributed by atoms with Crippen molar-refractivity contribution in [3.63, 3.8) is 0 Å². The number of rotatable bonds is 4. The number of amides is 2. The van der Waals surface area contributed by atoms with Crippen molar-refractivity contribution >= 4 is 17.7 Å². The van der Waals surface area contributed by atoms with Crippen LogP contribution in [0, 0.1) is 0 Å². The number of hydrogen-bond acceptors (Lipinski definition) is 4. The van der Waals surface area contributed by atoms with E-state index in [0.29, 0.717) is 6.54 Å². The van der Waals surface area contributed by atoms with E-state index in [-0.39, 0.29) is 31.4 Å². The van der Waals surface area contributed by atoms with Crippen LogP contribution in [-0.4, -0.2) is 42.4 Å². The highest BCUT2D eigenvalue weighted by Gasteiger charge is 2.31.